The zero-order chi connectivity index (χ0) is 10.7. The van der Waals surface area contributed by atoms with Gasteiger partial charge in [-0.1, -0.05) is 6.07 Å². The molecule has 5 heteroatoms. The Bertz CT molecular complexity index is 355. The fraction of sp³-hybridized carbons (Fsp3) is 0.222. The van der Waals surface area contributed by atoms with E-state index in [2.05, 4.69) is 22.6 Å². The van der Waals surface area contributed by atoms with Crippen LogP contribution in [0.15, 0.2) is 18.2 Å². The van der Waals surface area contributed by atoms with Crippen LogP contribution in [0.3, 0.4) is 0 Å². The maximum Gasteiger partial charge on any atom is 0.407 e. The highest BCUT2D eigenvalue weighted by atomic mass is 127. The van der Waals surface area contributed by atoms with E-state index in [-0.39, 0.29) is 0 Å². The molecule has 1 amide bonds. The second-order valence-corrected chi connectivity index (χ2v) is 4.15. The molecule has 4 nitrogen and oxygen atoms in total. The second-order valence-electron chi connectivity index (χ2n) is 2.99. The summed E-state index contributed by atoms with van der Waals surface area (Å²) >= 11 is 2.14. The Morgan fingerprint density at radius 3 is 2.79 bits per heavy atom. The van der Waals surface area contributed by atoms with Gasteiger partial charge in [0.15, 0.2) is 0 Å². The van der Waals surface area contributed by atoms with Crippen LogP contribution >= 0.6 is 22.6 Å². The fourth-order valence-corrected chi connectivity index (χ4v) is 1.72. The Hall–Kier alpha value is -0.980. The summed E-state index contributed by atoms with van der Waals surface area (Å²) < 4.78 is 0.982. The molecule has 3 N–H and O–H groups in total. The van der Waals surface area contributed by atoms with E-state index < -0.39 is 6.09 Å². The molecule has 0 aliphatic rings. The second kappa shape index (κ2) is 4.50. The van der Waals surface area contributed by atoms with Crippen LogP contribution < -0.4 is 5.73 Å². The van der Waals surface area contributed by atoms with E-state index in [1.54, 1.807) is 6.07 Å². The maximum absolute atomic E-state index is 10.6. The lowest BCUT2D eigenvalue weighted by molar-refractivity contribution is 0.153. The summed E-state index contributed by atoms with van der Waals surface area (Å²) in [6.45, 7) is 0.383. The predicted octanol–water partition coefficient (Wildman–Crippen LogP) is 1.98. The first-order chi connectivity index (χ1) is 6.50. The summed E-state index contributed by atoms with van der Waals surface area (Å²) in [7, 11) is 1.54. The Kier molecular flexibility index (Phi) is 3.56. The van der Waals surface area contributed by atoms with Gasteiger partial charge in [-0.25, -0.2) is 4.79 Å². The smallest absolute Gasteiger partial charge is 0.407 e. The number of halogens is 1. The molecule has 14 heavy (non-hydrogen) atoms. The molecule has 0 aliphatic heterocycles. The van der Waals surface area contributed by atoms with Crippen LogP contribution in [0.1, 0.15) is 5.56 Å². The van der Waals surface area contributed by atoms with Crippen molar-refractivity contribution in [3.8, 4) is 0 Å². The van der Waals surface area contributed by atoms with Gasteiger partial charge in [-0.05, 0) is 40.3 Å². The summed E-state index contributed by atoms with van der Waals surface area (Å²) in [5, 5.41) is 8.69. The van der Waals surface area contributed by atoms with E-state index in [9.17, 15) is 4.79 Å². The van der Waals surface area contributed by atoms with Gasteiger partial charge in [-0.3, -0.25) is 0 Å². The van der Waals surface area contributed by atoms with Crippen molar-refractivity contribution in [3.63, 3.8) is 0 Å². The molecule has 0 radical (unpaired) electrons. The van der Waals surface area contributed by atoms with Gasteiger partial charge in [0.25, 0.3) is 0 Å². The number of benzene rings is 1. The number of nitrogens with zero attached hydrogens (tertiary/aromatic N) is 1. The summed E-state index contributed by atoms with van der Waals surface area (Å²) in [6.07, 6.45) is -0.933. The number of carbonyl (C=O) groups is 1. The Labute approximate surface area is 95.8 Å². The number of hydrogen-bond acceptors (Lipinski definition) is 2. The van der Waals surface area contributed by atoms with Crippen LogP contribution in [0.5, 0.6) is 0 Å². The summed E-state index contributed by atoms with van der Waals surface area (Å²) in [5.74, 6) is 0. The number of amides is 1. The number of nitrogen functional groups attached to an aromatic ring is 1. The summed E-state index contributed by atoms with van der Waals surface area (Å²) in [6, 6.07) is 5.44. The molecule has 0 spiro atoms. The molecule has 0 aliphatic carbocycles. The van der Waals surface area contributed by atoms with Crippen molar-refractivity contribution in [1.29, 1.82) is 0 Å². The first kappa shape index (κ1) is 11.1. The van der Waals surface area contributed by atoms with Gasteiger partial charge < -0.3 is 15.7 Å². The Morgan fingerprint density at radius 2 is 2.29 bits per heavy atom. The normalized spacial score (nSPS) is 9.86. The minimum absolute atomic E-state index is 0.383. The minimum Gasteiger partial charge on any atom is -0.465 e. The highest BCUT2D eigenvalue weighted by molar-refractivity contribution is 14.1. The van der Waals surface area contributed by atoms with Gasteiger partial charge in [-0.15, -0.1) is 0 Å². The molecule has 1 rings (SSSR count). The molecule has 0 saturated heterocycles. The molecular formula is C9H11IN2O2. The third kappa shape index (κ3) is 2.76. The van der Waals surface area contributed by atoms with Crippen molar-refractivity contribution in [2.45, 2.75) is 6.54 Å². The maximum atomic E-state index is 10.6. The standard InChI is InChI=1S/C9H11IN2O2/c1-12(9(13)14)5-6-2-3-7(11)4-8(6)10/h2-4H,5,11H2,1H3,(H,13,14). The van der Waals surface area contributed by atoms with Crippen molar-refractivity contribution in [2.75, 3.05) is 12.8 Å². The molecule has 0 heterocycles. The minimum atomic E-state index is -0.933. The average molecular weight is 306 g/mol. The van der Waals surface area contributed by atoms with Crippen molar-refractivity contribution < 1.29 is 9.90 Å². The van der Waals surface area contributed by atoms with E-state index in [4.69, 9.17) is 10.8 Å². The van der Waals surface area contributed by atoms with Crippen LogP contribution in [0, 0.1) is 3.57 Å². The van der Waals surface area contributed by atoms with E-state index in [0.717, 1.165) is 9.13 Å². The zero-order valence-electron chi connectivity index (χ0n) is 7.70. The summed E-state index contributed by atoms with van der Waals surface area (Å²) in [5.41, 5.74) is 7.24. The van der Waals surface area contributed by atoms with Crippen LogP contribution in [0.25, 0.3) is 0 Å². The molecule has 0 saturated carbocycles. The van der Waals surface area contributed by atoms with Crippen molar-refractivity contribution in [3.05, 3.63) is 27.3 Å². The molecule has 0 atom stereocenters. The molecule has 1 aromatic carbocycles. The van der Waals surface area contributed by atoms with E-state index in [1.165, 1.54) is 11.9 Å². The molecule has 0 aromatic heterocycles. The van der Waals surface area contributed by atoms with Crippen molar-refractivity contribution in [1.82, 2.24) is 4.90 Å². The lowest BCUT2D eigenvalue weighted by atomic mass is 10.2. The molecule has 76 valence electrons. The third-order valence-corrected chi connectivity index (χ3v) is 2.82. The van der Waals surface area contributed by atoms with Gasteiger partial charge in [0.2, 0.25) is 0 Å². The monoisotopic (exact) mass is 306 g/mol. The molecule has 0 unspecified atom stereocenters. The van der Waals surface area contributed by atoms with Gasteiger partial charge >= 0.3 is 6.09 Å². The topological polar surface area (TPSA) is 66.6 Å². The fourth-order valence-electron chi connectivity index (χ4n) is 1.01. The molecule has 0 fully saturated rings. The van der Waals surface area contributed by atoms with Gasteiger partial charge in [0.1, 0.15) is 0 Å². The van der Waals surface area contributed by atoms with Crippen LogP contribution in [0.4, 0.5) is 10.5 Å². The number of nitrogens with two attached hydrogens (primary N) is 1. The largest absolute Gasteiger partial charge is 0.465 e. The van der Waals surface area contributed by atoms with Crippen molar-refractivity contribution >= 4 is 34.4 Å². The number of hydrogen-bond donors (Lipinski definition) is 2. The molecular weight excluding hydrogens is 295 g/mol. The van der Waals surface area contributed by atoms with Gasteiger partial charge in [-0.2, -0.15) is 0 Å². The molecule has 0 bridgehead atoms. The van der Waals surface area contributed by atoms with Crippen LogP contribution in [0.2, 0.25) is 0 Å². The average Bonchev–Trinajstić information content (AvgIpc) is 2.09. The Morgan fingerprint density at radius 1 is 1.64 bits per heavy atom. The number of rotatable bonds is 2. The predicted molar refractivity (Wildman–Crippen MR) is 63.1 cm³/mol. The lowest BCUT2D eigenvalue weighted by Gasteiger charge is -2.14. The van der Waals surface area contributed by atoms with Crippen LogP contribution in [-0.2, 0) is 6.54 Å². The lowest BCUT2D eigenvalue weighted by Crippen LogP contribution is -2.24. The highest BCUT2D eigenvalue weighted by Crippen LogP contribution is 2.17. The quantitative estimate of drug-likeness (QED) is 0.648. The zero-order valence-corrected chi connectivity index (χ0v) is 9.85. The van der Waals surface area contributed by atoms with Gasteiger partial charge in [0.05, 0.1) is 0 Å². The first-order valence-electron chi connectivity index (χ1n) is 3.98. The SMILES string of the molecule is CN(Cc1ccc(N)cc1I)C(=O)O. The van der Waals surface area contributed by atoms with Gasteiger partial charge in [0, 0.05) is 22.8 Å². The van der Waals surface area contributed by atoms with E-state index >= 15 is 0 Å². The first-order valence-corrected chi connectivity index (χ1v) is 5.06. The van der Waals surface area contributed by atoms with E-state index in [1.807, 2.05) is 12.1 Å². The van der Waals surface area contributed by atoms with Crippen molar-refractivity contribution in [2.24, 2.45) is 0 Å². The third-order valence-electron chi connectivity index (χ3n) is 1.81. The highest BCUT2D eigenvalue weighted by Gasteiger charge is 2.08. The number of anilines is 1. The van der Waals surface area contributed by atoms with E-state index in [0.29, 0.717) is 12.2 Å². The molecule has 1 aromatic rings. The number of carboxylic acid groups (broad SMARTS) is 1. The van der Waals surface area contributed by atoms with Crippen LogP contribution in [-0.4, -0.2) is 23.1 Å². The Balaban J connectivity index is 2.82. The summed E-state index contributed by atoms with van der Waals surface area (Å²) in [4.78, 5) is 11.8.